The predicted octanol–water partition coefficient (Wildman–Crippen LogP) is 3.80. The number of likely N-dealkylation sites (N-methyl/N-ethyl adjacent to an activating group) is 1. The minimum absolute atomic E-state index is 0.0706. The molecule has 3 rings (SSSR count). The molecule has 0 saturated carbocycles. The molecule has 0 spiro atoms. The minimum Gasteiger partial charge on any atom is -0.332 e. The van der Waals surface area contributed by atoms with E-state index in [1.54, 1.807) is 23.1 Å². The van der Waals surface area contributed by atoms with Crippen molar-refractivity contribution in [3.8, 4) is 0 Å². The van der Waals surface area contributed by atoms with Gasteiger partial charge < -0.3 is 15.1 Å². The molecule has 1 N–H and O–H groups in total. The molecule has 1 saturated heterocycles. The molecular weight excluding hydrogens is 410 g/mol. The summed E-state index contributed by atoms with van der Waals surface area (Å²) in [5.41, 5.74) is 1.52. The van der Waals surface area contributed by atoms with Crippen LogP contribution in [-0.2, 0) is 9.59 Å². The highest BCUT2D eigenvalue weighted by Crippen LogP contribution is 2.24. The number of nitrogens with one attached hydrogen (secondary N) is 1. The zero-order valence-electron chi connectivity index (χ0n) is 16.5. The number of halogens is 1. The van der Waals surface area contributed by atoms with Crippen molar-refractivity contribution in [3.05, 3.63) is 51.2 Å². The van der Waals surface area contributed by atoms with Crippen molar-refractivity contribution in [2.75, 3.05) is 25.0 Å². The number of benzene rings is 1. The average Bonchev–Trinajstić information content (AvgIpc) is 3.40. The topological polar surface area (TPSA) is 69.7 Å². The zero-order chi connectivity index (χ0) is 21.0. The Morgan fingerprint density at radius 1 is 1.31 bits per heavy atom. The number of amides is 3. The van der Waals surface area contributed by atoms with Gasteiger partial charge in [-0.1, -0.05) is 23.7 Å². The molecular formula is C21H24ClN3O3S. The van der Waals surface area contributed by atoms with Crippen molar-refractivity contribution >= 4 is 46.3 Å². The highest BCUT2D eigenvalue weighted by molar-refractivity contribution is 7.12. The molecule has 1 aromatic carbocycles. The molecule has 0 radical (unpaired) electrons. The van der Waals surface area contributed by atoms with Crippen LogP contribution in [0, 0.1) is 6.92 Å². The molecule has 1 atom stereocenters. The number of hydrogen-bond donors (Lipinski definition) is 1. The third kappa shape index (κ3) is 4.97. The molecule has 3 amide bonds. The number of hydrogen-bond acceptors (Lipinski definition) is 4. The van der Waals surface area contributed by atoms with Crippen LogP contribution in [0.5, 0.6) is 0 Å². The fourth-order valence-electron chi connectivity index (χ4n) is 3.46. The van der Waals surface area contributed by atoms with Gasteiger partial charge in [0.25, 0.3) is 5.91 Å². The Hall–Kier alpha value is -2.38. The van der Waals surface area contributed by atoms with E-state index in [9.17, 15) is 14.4 Å². The van der Waals surface area contributed by atoms with E-state index in [0.717, 1.165) is 12.0 Å². The van der Waals surface area contributed by atoms with Crippen LogP contribution in [0.4, 0.5) is 5.69 Å². The van der Waals surface area contributed by atoms with Gasteiger partial charge in [-0.25, -0.2) is 0 Å². The lowest BCUT2D eigenvalue weighted by atomic mass is 10.1. The molecule has 1 aromatic heterocycles. The van der Waals surface area contributed by atoms with Gasteiger partial charge in [-0.15, -0.1) is 11.3 Å². The summed E-state index contributed by atoms with van der Waals surface area (Å²) >= 11 is 7.37. The van der Waals surface area contributed by atoms with E-state index in [0.29, 0.717) is 35.1 Å². The van der Waals surface area contributed by atoms with Crippen LogP contribution in [-0.4, -0.2) is 53.2 Å². The Labute approximate surface area is 179 Å². The molecule has 2 heterocycles. The van der Waals surface area contributed by atoms with E-state index in [-0.39, 0.29) is 24.3 Å². The zero-order valence-corrected chi connectivity index (χ0v) is 18.1. The summed E-state index contributed by atoms with van der Waals surface area (Å²) in [4.78, 5) is 42.1. The van der Waals surface area contributed by atoms with E-state index in [1.165, 1.54) is 16.2 Å². The first kappa shape index (κ1) is 21.3. The first-order chi connectivity index (χ1) is 13.9. The van der Waals surface area contributed by atoms with Crippen LogP contribution >= 0.6 is 22.9 Å². The third-order valence-electron chi connectivity index (χ3n) is 5.03. The van der Waals surface area contributed by atoms with Crippen LogP contribution in [0.2, 0.25) is 5.02 Å². The van der Waals surface area contributed by atoms with Gasteiger partial charge >= 0.3 is 0 Å². The SMILES string of the molecule is CCN(CC(=O)Nc1cc(Cl)ccc1C)C(=O)[C@@H]1CCCN1C(=O)c1cccs1. The molecule has 6 nitrogen and oxygen atoms in total. The summed E-state index contributed by atoms with van der Waals surface area (Å²) in [6, 6.07) is 8.34. The molecule has 8 heteroatoms. The second-order valence-corrected chi connectivity index (χ2v) is 8.38. The molecule has 1 fully saturated rings. The third-order valence-corrected chi connectivity index (χ3v) is 6.13. The predicted molar refractivity (Wildman–Crippen MR) is 115 cm³/mol. The van der Waals surface area contributed by atoms with E-state index < -0.39 is 6.04 Å². The normalized spacial score (nSPS) is 16.0. The molecule has 29 heavy (non-hydrogen) atoms. The van der Waals surface area contributed by atoms with Crippen molar-refractivity contribution in [1.82, 2.24) is 9.80 Å². The number of likely N-dealkylation sites (tertiary alicyclic amines) is 1. The summed E-state index contributed by atoms with van der Waals surface area (Å²) in [5, 5.41) is 5.20. The van der Waals surface area contributed by atoms with Crippen molar-refractivity contribution < 1.29 is 14.4 Å². The number of carbonyl (C=O) groups is 3. The number of thiophene rings is 1. The summed E-state index contributed by atoms with van der Waals surface area (Å²) in [6.45, 7) is 4.58. The van der Waals surface area contributed by atoms with E-state index >= 15 is 0 Å². The molecule has 1 aliphatic rings. The first-order valence-corrected chi connectivity index (χ1v) is 10.9. The lowest BCUT2D eigenvalue weighted by Crippen LogP contribution is -2.49. The van der Waals surface area contributed by atoms with Crippen molar-refractivity contribution in [2.24, 2.45) is 0 Å². The summed E-state index contributed by atoms with van der Waals surface area (Å²) < 4.78 is 0. The Kier molecular flexibility index (Phi) is 6.92. The van der Waals surface area contributed by atoms with Gasteiger partial charge in [-0.3, -0.25) is 14.4 Å². The smallest absolute Gasteiger partial charge is 0.264 e. The number of carbonyl (C=O) groups excluding carboxylic acids is 3. The van der Waals surface area contributed by atoms with Crippen molar-refractivity contribution in [1.29, 1.82) is 0 Å². The van der Waals surface area contributed by atoms with Crippen molar-refractivity contribution in [3.63, 3.8) is 0 Å². The number of anilines is 1. The Morgan fingerprint density at radius 3 is 2.79 bits per heavy atom. The van der Waals surface area contributed by atoms with Gasteiger partial charge in [0, 0.05) is 23.8 Å². The Balaban J connectivity index is 1.67. The Bertz CT molecular complexity index is 901. The van der Waals surface area contributed by atoms with Crippen molar-refractivity contribution in [2.45, 2.75) is 32.7 Å². The summed E-state index contributed by atoms with van der Waals surface area (Å²) in [7, 11) is 0. The number of rotatable bonds is 6. The average molecular weight is 434 g/mol. The highest BCUT2D eigenvalue weighted by Gasteiger charge is 2.37. The van der Waals surface area contributed by atoms with E-state index in [4.69, 9.17) is 11.6 Å². The van der Waals surface area contributed by atoms with Gasteiger partial charge in [0.05, 0.1) is 11.4 Å². The maximum atomic E-state index is 13.1. The quantitative estimate of drug-likeness (QED) is 0.753. The standard InChI is InChI=1S/C21H24ClN3O3S/c1-3-24(13-19(26)23-16-12-15(22)9-8-14(16)2)20(27)17-6-4-10-25(17)21(28)18-7-5-11-29-18/h5,7-9,11-12,17H,3-4,6,10,13H2,1-2H3,(H,23,26)/t17-/m0/s1. The van der Waals surface area contributed by atoms with E-state index in [2.05, 4.69) is 5.32 Å². The molecule has 0 bridgehead atoms. The van der Waals surface area contributed by atoms with Crippen LogP contribution in [0.15, 0.2) is 35.7 Å². The van der Waals surface area contributed by atoms with E-state index in [1.807, 2.05) is 31.4 Å². The molecule has 2 aromatic rings. The lowest BCUT2D eigenvalue weighted by molar-refractivity contribution is -0.137. The number of aryl methyl sites for hydroxylation is 1. The van der Waals surface area contributed by atoms with Crippen LogP contribution in [0.3, 0.4) is 0 Å². The first-order valence-electron chi connectivity index (χ1n) is 9.60. The molecule has 0 unspecified atom stereocenters. The highest BCUT2D eigenvalue weighted by atomic mass is 35.5. The summed E-state index contributed by atoms with van der Waals surface area (Å²) in [5.74, 6) is -0.599. The van der Waals surface area contributed by atoms with Gasteiger partial charge in [-0.05, 0) is 55.8 Å². The maximum absolute atomic E-state index is 13.1. The molecule has 1 aliphatic heterocycles. The largest absolute Gasteiger partial charge is 0.332 e. The Morgan fingerprint density at radius 2 is 2.10 bits per heavy atom. The van der Waals surface area contributed by atoms with Crippen LogP contribution < -0.4 is 5.32 Å². The fourth-order valence-corrected chi connectivity index (χ4v) is 4.31. The molecule has 154 valence electrons. The van der Waals surface area contributed by atoms with Gasteiger partial charge in [-0.2, -0.15) is 0 Å². The second-order valence-electron chi connectivity index (χ2n) is 6.99. The fraction of sp³-hybridized carbons (Fsp3) is 0.381. The maximum Gasteiger partial charge on any atom is 0.264 e. The van der Waals surface area contributed by atoms with Gasteiger partial charge in [0.2, 0.25) is 11.8 Å². The summed E-state index contributed by atoms with van der Waals surface area (Å²) in [6.07, 6.45) is 1.39. The monoisotopic (exact) mass is 433 g/mol. The lowest BCUT2D eigenvalue weighted by Gasteiger charge is -2.29. The van der Waals surface area contributed by atoms with Crippen LogP contribution in [0.25, 0.3) is 0 Å². The van der Waals surface area contributed by atoms with Crippen LogP contribution in [0.1, 0.15) is 35.0 Å². The second kappa shape index (κ2) is 9.41. The van der Waals surface area contributed by atoms with Gasteiger partial charge in [0.15, 0.2) is 0 Å². The minimum atomic E-state index is -0.523. The number of nitrogens with zero attached hydrogens (tertiary/aromatic N) is 2. The van der Waals surface area contributed by atoms with Gasteiger partial charge in [0.1, 0.15) is 6.04 Å². The molecule has 0 aliphatic carbocycles.